The lowest BCUT2D eigenvalue weighted by molar-refractivity contribution is -0.157. The van der Waals surface area contributed by atoms with E-state index in [0.717, 1.165) is 0 Å². The average Bonchev–Trinajstić information content (AvgIpc) is 2.36. The standard InChI is InChI=1S/C12H16O6/c1-17-11(15)8-4-3-7(6-10(13)14)5-9(8)12(16)18-2/h3,8-9H,4-6H2,1-2H3,(H,13,14)/t8-,9-/m1/s1. The maximum atomic E-state index is 11.6. The van der Waals surface area contributed by atoms with Crippen molar-refractivity contribution in [1.29, 1.82) is 0 Å². The Bertz CT molecular complexity index is 384. The van der Waals surface area contributed by atoms with Crippen LogP contribution in [0.25, 0.3) is 0 Å². The van der Waals surface area contributed by atoms with Crippen LogP contribution in [-0.4, -0.2) is 37.2 Å². The van der Waals surface area contributed by atoms with E-state index in [4.69, 9.17) is 5.11 Å². The highest BCUT2D eigenvalue weighted by atomic mass is 16.5. The largest absolute Gasteiger partial charge is 0.481 e. The van der Waals surface area contributed by atoms with Crippen molar-refractivity contribution < 1.29 is 29.0 Å². The fourth-order valence-corrected chi connectivity index (χ4v) is 2.12. The molecule has 0 aromatic carbocycles. The van der Waals surface area contributed by atoms with Crippen molar-refractivity contribution in [3.63, 3.8) is 0 Å². The minimum Gasteiger partial charge on any atom is -0.481 e. The van der Waals surface area contributed by atoms with Crippen LogP contribution >= 0.6 is 0 Å². The molecule has 0 aliphatic heterocycles. The number of hydrogen-bond donors (Lipinski definition) is 1. The number of methoxy groups -OCH3 is 2. The van der Waals surface area contributed by atoms with Gasteiger partial charge >= 0.3 is 17.9 Å². The highest BCUT2D eigenvalue weighted by molar-refractivity contribution is 5.83. The van der Waals surface area contributed by atoms with Gasteiger partial charge in [-0.15, -0.1) is 0 Å². The molecule has 0 unspecified atom stereocenters. The molecule has 0 aromatic rings. The zero-order chi connectivity index (χ0) is 13.7. The van der Waals surface area contributed by atoms with Gasteiger partial charge in [-0.25, -0.2) is 0 Å². The summed E-state index contributed by atoms with van der Waals surface area (Å²) in [6.07, 6.45) is 2.09. The van der Waals surface area contributed by atoms with Crippen molar-refractivity contribution in [2.24, 2.45) is 11.8 Å². The molecule has 0 saturated carbocycles. The van der Waals surface area contributed by atoms with Gasteiger partial charge in [0.2, 0.25) is 0 Å². The Morgan fingerprint density at radius 3 is 2.28 bits per heavy atom. The van der Waals surface area contributed by atoms with Crippen molar-refractivity contribution >= 4 is 17.9 Å². The molecule has 0 aromatic heterocycles. The predicted octanol–water partition coefficient (Wildman–Crippen LogP) is 0.760. The van der Waals surface area contributed by atoms with Crippen LogP contribution in [-0.2, 0) is 23.9 Å². The average molecular weight is 256 g/mol. The van der Waals surface area contributed by atoms with E-state index in [9.17, 15) is 14.4 Å². The van der Waals surface area contributed by atoms with E-state index in [1.807, 2.05) is 0 Å². The zero-order valence-corrected chi connectivity index (χ0v) is 10.3. The smallest absolute Gasteiger partial charge is 0.309 e. The Morgan fingerprint density at radius 2 is 1.78 bits per heavy atom. The molecule has 2 atom stereocenters. The van der Waals surface area contributed by atoms with Crippen molar-refractivity contribution in [3.05, 3.63) is 11.6 Å². The number of carbonyl (C=O) groups excluding carboxylic acids is 2. The molecule has 0 spiro atoms. The summed E-state index contributed by atoms with van der Waals surface area (Å²) in [6.45, 7) is 0. The fourth-order valence-electron chi connectivity index (χ4n) is 2.12. The van der Waals surface area contributed by atoms with Crippen LogP contribution in [0.3, 0.4) is 0 Å². The molecule has 18 heavy (non-hydrogen) atoms. The van der Waals surface area contributed by atoms with Gasteiger partial charge in [0, 0.05) is 0 Å². The Kier molecular flexibility index (Phi) is 4.88. The number of carbonyl (C=O) groups is 3. The Balaban J connectivity index is 2.87. The molecule has 0 saturated heterocycles. The van der Waals surface area contributed by atoms with Gasteiger partial charge in [-0.05, 0) is 12.8 Å². The summed E-state index contributed by atoms with van der Waals surface area (Å²) in [5, 5.41) is 8.72. The Hall–Kier alpha value is -1.85. The zero-order valence-electron chi connectivity index (χ0n) is 10.3. The summed E-state index contributed by atoms with van der Waals surface area (Å²) in [4.78, 5) is 33.8. The molecule has 100 valence electrons. The number of carboxylic acid groups (broad SMARTS) is 1. The second-order valence-corrected chi connectivity index (χ2v) is 4.13. The predicted molar refractivity (Wildman–Crippen MR) is 60.6 cm³/mol. The van der Waals surface area contributed by atoms with Gasteiger partial charge < -0.3 is 14.6 Å². The topological polar surface area (TPSA) is 89.9 Å². The molecule has 1 N–H and O–H groups in total. The van der Waals surface area contributed by atoms with Crippen LogP contribution in [0.2, 0.25) is 0 Å². The molecule has 0 fully saturated rings. The van der Waals surface area contributed by atoms with Crippen LogP contribution in [0.4, 0.5) is 0 Å². The van der Waals surface area contributed by atoms with Crippen LogP contribution < -0.4 is 0 Å². The molecular weight excluding hydrogens is 240 g/mol. The number of aliphatic carboxylic acids is 1. The van der Waals surface area contributed by atoms with E-state index in [1.54, 1.807) is 6.08 Å². The third-order valence-corrected chi connectivity index (χ3v) is 3.01. The molecule has 0 bridgehead atoms. The monoisotopic (exact) mass is 256 g/mol. The second kappa shape index (κ2) is 6.18. The van der Waals surface area contributed by atoms with E-state index in [0.29, 0.717) is 12.0 Å². The van der Waals surface area contributed by atoms with E-state index < -0.39 is 29.7 Å². The van der Waals surface area contributed by atoms with Gasteiger partial charge in [0.1, 0.15) is 0 Å². The van der Waals surface area contributed by atoms with Crippen molar-refractivity contribution in [3.8, 4) is 0 Å². The first-order valence-corrected chi connectivity index (χ1v) is 5.55. The van der Waals surface area contributed by atoms with E-state index in [-0.39, 0.29) is 12.8 Å². The fraction of sp³-hybridized carbons (Fsp3) is 0.583. The van der Waals surface area contributed by atoms with E-state index in [1.165, 1.54) is 14.2 Å². The van der Waals surface area contributed by atoms with Gasteiger partial charge in [-0.3, -0.25) is 14.4 Å². The van der Waals surface area contributed by atoms with Gasteiger partial charge in [0.25, 0.3) is 0 Å². The van der Waals surface area contributed by atoms with Crippen LogP contribution in [0.15, 0.2) is 11.6 Å². The molecule has 0 amide bonds. The van der Waals surface area contributed by atoms with Crippen molar-refractivity contribution in [2.45, 2.75) is 19.3 Å². The summed E-state index contributed by atoms with van der Waals surface area (Å²) in [6, 6.07) is 0. The second-order valence-electron chi connectivity index (χ2n) is 4.13. The molecule has 1 aliphatic carbocycles. The van der Waals surface area contributed by atoms with Gasteiger partial charge in [0.05, 0.1) is 32.5 Å². The maximum absolute atomic E-state index is 11.6. The van der Waals surface area contributed by atoms with Crippen LogP contribution in [0.1, 0.15) is 19.3 Å². The minimum atomic E-state index is -0.957. The Labute approximate surface area is 105 Å². The minimum absolute atomic E-state index is 0.124. The lowest BCUT2D eigenvalue weighted by Gasteiger charge is -2.27. The summed E-state index contributed by atoms with van der Waals surface area (Å²) in [7, 11) is 2.50. The maximum Gasteiger partial charge on any atom is 0.309 e. The third kappa shape index (κ3) is 3.32. The van der Waals surface area contributed by atoms with E-state index in [2.05, 4.69) is 9.47 Å². The van der Waals surface area contributed by atoms with E-state index >= 15 is 0 Å². The first-order valence-electron chi connectivity index (χ1n) is 5.55. The van der Waals surface area contributed by atoms with Gasteiger partial charge in [0.15, 0.2) is 0 Å². The molecule has 6 nitrogen and oxygen atoms in total. The number of rotatable bonds is 4. The molecule has 0 radical (unpaired) electrons. The lowest BCUT2D eigenvalue weighted by Crippen LogP contribution is -2.34. The molecule has 1 rings (SSSR count). The molecular formula is C12H16O6. The highest BCUT2D eigenvalue weighted by Crippen LogP contribution is 2.32. The number of carboxylic acids is 1. The molecule has 6 heteroatoms. The van der Waals surface area contributed by atoms with Gasteiger partial charge in [-0.1, -0.05) is 11.6 Å². The van der Waals surface area contributed by atoms with Crippen molar-refractivity contribution in [1.82, 2.24) is 0 Å². The molecule has 0 heterocycles. The number of esters is 2. The first kappa shape index (κ1) is 14.2. The summed E-state index contributed by atoms with van der Waals surface area (Å²) >= 11 is 0. The summed E-state index contributed by atoms with van der Waals surface area (Å²) < 4.78 is 9.29. The summed E-state index contributed by atoms with van der Waals surface area (Å²) in [5.74, 6) is -3.21. The first-order chi connectivity index (χ1) is 8.49. The summed E-state index contributed by atoms with van der Waals surface area (Å²) in [5.41, 5.74) is 0.637. The quantitative estimate of drug-likeness (QED) is 0.590. The number of allylic oxidation sites excluding steroid dienone is 1. The SMILES string of the molecule is COC(=O)[C@@H]1CC=C(CC(=O)O)C[C@H]1C(=O)OC. The number of ether oxygens (including phenoxy) is 2. The highest BCUT2D eigenvalue weighted by Gasteiger charge is 2.37. The number of hydrogen-bond acceptors (Lipinski definition) is 5. The Morgan fingerprint density at radius 1 is 1.22 bits per heavy atom. The van der Waals surface area contributed by atoms with Crippen LogP contribution in [0, 0.1) is 11.8 Å². The van der Waals surface area contributed by atoms with Crippen molar-refractivity contribution in [2.75, 3.05) is 14.2 Å². The molecule has 1 aliphatic rings. The van der Waals surface area contributed by atoms with Gasteiger partial charge in [-0.2, -0.15) is 0 Å². The van der Waals surface area contributed by atoms with Crippen LogP contribution in [0.5, 0.6) is 0 Å². The lowest BCUT2D eigenvalue weighted by atomic mass is 9.78. The third-order valence-electron chi connectivity index (χ3n) is 3.01. The normalized spacial score (nSPS) is 22.9.